The topological polar surface area (TPSA) is 17.8 Å². The second-order valence-corrected chi connectivity index (χ2v) is 6.27. The fraction of sp³-hybridized carbons (Fsp3) is 0.0625. The number of nitrogens with zero attached hydrogens (tertiary/aromatic N) is 2. The molecule has 0 aromatic heterocycles. The zero-order valence-corrected chi connectivity index (χ0v) is 15.8. The van der Waals surface area contributed by atoms with E-state index < -0.39 is 0 Å². The maximum Gasteiger partial charge on any atom is 0.0887 e. The Hall–Kier alpha value is -0.850. The highest BCUT2D eigenvalue weighted by Gasteiger charge is 2.16. The predicted octanol–water partition coefficient (Wildman–Crippen LogP) is 5.87. The smallest absolute Gasteiger partial charge is 0.0887 e. The first kappa shape index (κ1) is 15.1. The van der Waals surface area contributed by atoms with Crippen molar-refractivity contribution in [2.24, 2.45) is 7.05 Å². The van der Waals surface area contributed by atoms with E-state index in [1.807, 2.05) is 30.3 Å². The van der Waals surface area contributed by atoms with Crippen molar-refractivity contribution in [2.45, 2.75) is 0 Å². The number of benzene rings is 2. The molecule has 0 unspecified atom stereocenters. The molecular formula is C16H11BrClIN2. The standard InChI is InChI=1S/C16H10BrClN2.HI/c1-20-15-5-3-11(18)6-9(15)7-14-16(20)12-8-10(17)2-4-13(12)19-14;/h2-8H,1H3;1H. The largest absolute Gasteiger partial charge is 0.342 e. The lowest BCUT2D eigenvalue weighted by atomic mass is 10.1. The Morgan fingerprint density at radius 2 is 1.90 bits per heavy atom. The van der Waals surface area contributed by atoms with Crippen LogP contribution in [-0.2, 0) is 7.05 Å². The molecule has 106 valence electrons. The van der Waals surface area contributed by atoms with Gasteiger partial charge in [0.2, 0.25) is 0 Å². The highest BCUT2D eigenvalue weighted by atomic mass is 127. The first-order chi connectivity index (χ1) is 9.63. The van der Waals surface area contributed by atoms with E-state index in [0.29, 0.717) is 0 Å². The van der Waals surface area contributed by atoms with Gasteiger partial charge in [-0.25, -0.2) is 4.98 Å². The zero-order chi connectivity index (χ0) is 13.9. The van der Waals surface area contributed by atoms with Gasteiger partial charge in [0.25, 0.3) is 0 Å². The molecule has 2 heterocycles. The number of pyridine rings is 1. The lowest BCUT2D eigenvalue weighted by Crippen LogP contribution is -1.98. The maximum absolute atomic E-state index is 6.09. The molecule has 0 atom stereocenters. The van der Waals surface area contributed by atoms with Gasteiger partial charge in [0.15, 0.2) is 0 Å². The molecule has 0 aliphatic carbocycles. The van der Waals surface area contributed by atoms with Crippen LogP contribution in [0.1, 0.15) is 0 Å². The molecule has 0 amide bonds. The number of hydrogen-bond acceptors (Lipinski definition) is 1. The van der Waals surface area contributed by atoms with Crippen LogP contribution in [0, 0.1) is 0 Å². The van der Waals surface area contributed by atoms with Crippen LogP contribution in [-0.4, -0.2) is 9.55 Å². The van der Waals surface area contributed by atoms with Crippen LogP contribution in [0.4, 0.5) is 0 Å². The number of aromatic nitrogens is 2. The molecule has 21 heavy (non-hydrogen) atoms. The Morgan fingerprint density at radius 1 is 1.10 bits per heavy atom. The molecule has 2 aromatic carbocycles. The van der Waals surface area contributed by atoms with Crippen LogP contribution in [0.2, 0.25) is 5.02 Å². The average Bonchev–Trinajstić information content (AvgIpc) is 2.76. The summed E-state index contributed by atoms with van der Waals surface area (Å²) in [6.07, 6.45) is 0. The van der Waals surface area contributed by atoms with Gasteiger partial charge in [-0.2, -0.15) is 0 Å². The molecule has 4 rings (SSSR count). The molecule has 2 nitrogen and oxygen atoms in total. The number of halogens is 3. The summed E-state index contributed by atoms with van der Waals surface area (Å²) in [6.45, 7) is 0. The van der Waals surface area contributed by atoms with Crippen LogP contribution in [0.25, 0.3) is 33.2 Å². The van der Waals surface area contributed by atoms with E-state index in [1.165, 1.54) is 0 Å². The molecular weight excluding hydrogens is 462 g/mol. The van der Waals surface area contributed by atoms with E-state index in [2.05, 4.69) is 39.7 Å². The molecule has 2 aliphatic rings. The van der Waals surface area contributed by atoms with Gasteiger partial charge in [0, 0.05) is 32.8 Å². The summed E-state index contributed by atoms with van der Waals surface area (Å²) in [5, 5.41) is 3.01. The Morgan fingerprint density at radius 3 is 2.71 bits per heavy atom. The molecule has 0 radical (unpaired) electrons. The molecule has 0 bridgehead atoms. The lowest BCUT2D eigenvalue weighted by molar-refractivity contribution is 0.967. The summed E-state index contributed by atoms with van der Waals surface area (Å²) in [6, 6.07) is 14.2. The second-order valence-electron chi connectivity index (χ2n) is 4.91. The Kier molecular flexibility index (Phi) is 3.88. The first-order valence-electron chi connectivity index (χ1n) is 6.27. The molecule has 0 N–H and O–H groups in total. The number of rotatable bonds is 0. The molecule has 0 fully saturated rings. The number of fused-ring (bicyclic) bond motifs is 4. The van der Waals surface area contributed by atoms with Crippen molar-refractivity contribution in [2.75, 3.05) is 0 Å². The predicted molar refractivity (Wildman–Crippen MR) is 103 cm³/mol. The molecule has 0 saturated heterocycles. The molecule has 0 spiro atoms. The van der Waals surface area contributed by atoms with Crippen LogP contribution in [0.15, 0.2) is 46.9 Å². The molecule has 2 aromatic rings. The number of aryl methyl sites for hydroxylation is 1. The summed E-state index contributed by atoms with van der Waals surface area (Å²) >= 11 is 9.62. The second kappa shape index (κ2) is 5.41. The maximum atomic E-state index is 6.09. The minimum Gasteiger partial charge on any atom is -0.342 e. The minimum absolute atomic E-state index is 0. The fourth-order valence-corrected chi connectivity index (χ4v) is 3.33. The summed E-state index contributed by atoms with van der Waals surface area (Å²) in [5.74, 6) is 0. The van der Waals surface area contributed by atoms with Crippen LogP contribution >= 0.6 is 51.5 Å². The van der Waals surface area contributed by atoms with E-state index in [1.54, 1.807) is 0 Å². The van der Waals surface area contributed by atoms with Crippen molar-refractivity contribution in [3.8, 4) is 11.4 Å². The zero-order valence-electron chi connectivity index (χ0n) is 11.1. The highest BCUT2D eigenvalue weighted by Crippen LogP contribution is 2.35. The van der Waals surface area contributed by atoms with Gasteiger partial charge in [0.05, 0.1) is 16.9 Å². The van der Waals surface area contributed by atoms with Crippen LogP contribution in [0.3, 0.4) is 0 Å². The Labute approximate surface area is 152 Å². The van der Waals surface area contributed by atoms with Crippen molar-refractivity contribution in [1.82, 2.24) is 9.55 Å². The molecule has 2 aliphatic heterocycles. The molecule has 5 heteroatoms. The summed E-state index contributed by atoms with van der Waals surface area (Å²) in [4.78, 5) is 4.71. The van der Waals surface area contributed by atoms with Gasteiger partial charge in [0.1, 0.15) is 0 Å². The van der Waals surface area contributed by atoms with Gasteiger partial charge in [-0.1, -0.05) is 27.5 Å². The average molecular weight is 474 g/mol. The first-order valence-corrected chi connectivity index (χ1v) is 7.44. The van der Waals surface area contributed by atoms with Crippen molar-refractivity contribution in [1.29, 1.82) is 0 Å². The Bertz CT molecular complexity index is 948. The van der Waals surface area contributed by atoms with Gasteiger partial charge in [-0.15, -0.1) is 24.0 Å². The summed E-state index contributed by atoms with van der Waals surface area (Å²) in [5.41, 5.74) is 4.31. The molecule has 0 saturated carbocycles. The third kappa shape index (κ3) is 2.33. The Balaban J connectivity index is 0.00000132. The van der Waals surface area contributed by atoms with Crippen molar-refractivity contribution in [3.05, 3.63) is 52.0 Å². The van der Waals surface area contributed by atoms with E-state index >= 15 is 0 Å². The van der Waals surface area contributed by atoms with E-state index in [-0.39, 0.29) is 24.0 Å². The highest BCUT2D eigenvalue weighted by molar-refractivity contribution is 14.0. The van der Waals surface area contributed by atoms with Gasteiger partial charge < -0.3 is 4.57 Å². The quantitative estimate of drug-likeness (QED) is 0.292. The lowest BCUT2D eigenvalue weighted by Gasteiger charge is -2.12. The minimum atomic E-state index is 0. The van der Waals surface area contributed by atoms with Gasteiger partial charge in [-0.05, 0) is 42.5 Å². The SMILES string of the molecule is Cn1c2c3cc(Br)ccc3nc-2cc2cc(Cl)ccc21.I. The van der Waals surface area contributed by atoms with Crippen LogP contribution < -0.4 is 0 Å². The van der Waals surface area contributed by atoms with Crippen molar-refractivity contribution >= 4 is 73.3 Å². The number of hydrogen-bond donors (Lipinski definition) is 0. The van der Waals surface area contributed by atoms with E-state index in [0.717, 1.165) is 42.7 Å². The van der Waals surface area contributed by atoms with Gasteiger partial charge in [-0.3, -0.25) is 0 Å². The monoisotopic (exact) mass is 472 g/mol. The normalized spacial score (nSPS) is 11.2. The summed E-state index contributed by atoms with van der Waals surface area (Å²) < 4.78 is 3.25. The van der Waals surface area contributed by atoms with Gasteiger partial charge >= 0.3 is 0 Å². The van der Waals surface area contributed by atoms with Crippen molar-refractivity contribution in [3.63, 3.8) is 0 Å². The van der Waals surface area contributed by atoms with Crippen LogP contribution in [0.5, 0.6) is 0 Å². The third-order valence-corrected chi connectivity index (χ3v) is 4.40. The fourth-order valence-electron chi connectivity index (χ4n) is 2.78. The third-order valence-electron chi connectivity index (χ3n) is 3.68. The van der Waals surface area contributed by atoms with E-state index in [4.69, 9.17) is 16.6 Å². The van der Waals surface area contributed by atoms with Crippen molar-refractivity contribution < 1.29 is 0 Å². The van der Waals surface area contributed by atoms with E-state index in [9.17, 15) is 0 Å². The summed E-state index contributed by atoms with van der Waals surface area (Å²) in [7, 11) is 2.07.